The van der Waals surface area contributed by atoms with Crippen LogP contribution >= 0.6 is 20.5 Å². The minimum absolute atomic E-state index is 0.0920. The number of hydrogen-bond donors (Lipinski definition) is 2. The Labute approximate surface area is 281 Å². The van der Waals surface area contributed by atoms with Gasteiger partial charge in [0.1, 0.15) is 5.75 Å². The van der Waals surface area contributed by atoms with Crippen LogP contribution in [-0.4, -0.2) is 47.7 Å². The molecule has 0 saturated heterocycles. The van der Waals surface area contributed by atoms with Gasteiger partial charge >= 0.3 is 6.18 Å². The summed E-state index contributed by atoms with van der Waals surface area (Å²) in [5.74, 6) is 6.45. The fourth-order valence-electron chi connectivity index (χ4n) is 6.07. The zero-order valence-electron chi connectivity index (χ0n) is 26.5. The first-order valence-corrected chi connectivity index (χ1v) is 18.1. The van der Waals surface area contributed by atoms with E-state index in [0.29, 0.717) is 32.8 Å². The molecule has 0 spiro atoms. The lowest BCUT2D eigenvalue weighted by molar-refractivity contribution is -0.128. The van der Waals surface area contributed by atoms with Crippen LogP contribution in [0.15, 0.2) is 70.3 Å². The Hall–Kier alpha value is -4.68. The maximum absolute atomic E-state index is 14.0. The minimum Gasteiger partial charge on any atom is -0.495 e. The molecule has 0 saturated carbocycles. The summed E-state index contributed by atoms with van der Waals surface area (Å²) in [7, 11) is 0.588. The number of anilines is 1. The summed E-state index contributed by atoms with van der Waals surface area (Å²) in [5, 5.41) is 14.8. The molecule has 0 atom stereocenters. The van der Waals surface area contributed by atoms with Gasteiger partial charge in [-0.15, -0.1) is 0 Å². The summed E-state index contributed by atoms with van der Waals surface area (Å²) in [6.07, 6.45) is -3.16. The number of nitrogens with one attached hydrogen (secondary N) is 2. The van der Waals surface area contributed by atoms with E-state index >= 15 is 0 Å². The van der Waals surface area contributed by atoms with E-state index in [-0.39, 0.29) is 12.2 Å². The Bertz CT molecular complexity index is 2260. The van der Waals surface area contributed by atoms with Crippen molar-refractivity contribution < 1.29 is 27.5 Å². The van der Waals surface area contributed by atoms with Gasteiger partial charge in [0.2, 0.25) is 0 Å². The van der Waals surface area contributed by atoms with Gasteiger partial charge in [-0.05, 0) is 109 Å². The largest absolute Gasteiger partial charge is 0.495 e. The smallest absolute Gasteiger partial charge is 0.394 e. The van der Waals surface area contributed by atoms with Gasteiger partial charge in [-0.3, -0.25) is 0 Å². The Balaban J connectivity index is 1.43. The number of halogens is 3. The topological polar surface area (TPSA) is 72.4 Å². The average Bonchev–Trinajstić information content (AvgIpc) is 3.72. The normalized spacial score (nSPS) is 12.9. The third-order valence-corrected chi connectivity index (χ3v) is 11.2. The predicted molar refractivity (Wildman–Crippen MR) is 188 cm³/mol. The highest BCUT2D eigenvalue weighted by atomic mass is 32.2. The molecular formula is C37H32F3N3O3S2. The third kappa shape index (κ3) is 6.54. The summed E-state index contributed by atoms with van der Waals surface area (Å²) < 4.78 is 48.9. The van der Waals surface area contributed by atoms with E-state index in [0.717, 1.165) is 41.8 Å². The van der Waals surface area contributed by atoms with Gasteiger partial charge in [0.25, 0.3) is 0 Å². The number of nitrogens with zero attached hydrogens (tertiary/aromatic N) is 1. The number of fused-ring (bicyclic) bond motifs is 2. The third-order valence-electron chi connectivity index (χ3n) is 8.62. The maximum Gasteiger partial charge on any atom is 0.394 e. The monoisotopic (exact) mass is 687 g/mol. The van der Waals surface area contributed by atoms with E-state index in [1.807, 2.05) is 29.0 Å². The van der Waals surface area contributed by atoms with Gasteiger partial charge in [0.05, 0.1) is 31.3 Å². The molecule has 3 aromatic carbocycles. The maximum atomic E-state index is 14.0. The summed E-state index contributed by atoms with van der Waals surface area (Å²) in [6.45, 7) is 1.82. The van der Waals surface area contributed by atoms with E-state index in [9.17, 15) is 22.8 Å². The number of benzene rings is 3. The van der Waals surface area contributed by atoms with Crippen molar-refractivity contribution in [2.24, 2.45) is 7.05 Å². The van der Waals surface area contributed by atoms with E-state index in [4.69, 9.17) is 4.74 Å². The number of carbonyl (C=O) groups excluding carboxylic acids is 2. The number of alkyl halides is 3. The molecule has 3 heterocycles. The number of rotatable bonds is 7. The highest BCUT2D eigenvalue weighted by Gasteiger charge is 2.32. The zero-order chi connectivity index (χ0) is 34.1. The van der Waals surface area contributed by atoms with Crippen LogP contribution in [0.2, 0.25) is 0 Å². The fourth-order valence-corrected chi connectivity index (χ4v) is 7.63. The second kappa shape index (κ2) is 13.4. The number of ether oxygens (including phenoxy) is 1. The first-order valence-electron chi connectivity index (χ1n) is 15.1. The van der Waals surface area contributed by atoms with E-state index in [1.165, 1.54) is 24.5 Å². The van der Waals surface area contributed by atoms with Gasteiger partial charge in [0.15, 0.2) is 10.5 Å². The molecule has 2 aromatic heterocycles. The van der Waals surface area contributed by atoms with Gasteiger partial charge < -0.3 is 19.9 Å². The molecule has 0 unspecified atom stereocenters. The number of aromatic nitrogens is 1. The van der Waals surface area contributed by atoms with Crippen LogP contribution in [-0.2, 0) is 36.0 Å². The van der Waals surface area contributed by atoms with Crippen LogP contribution in [0.4, 0.5) is 18.9 Å². The van der Waals surface area contributed by atoms with Crippen LogP contribution in [0.1, 0.15) is 22.4 Å². The Morgan fingerprint density at radius 1 is 1.02 bits per heavy atom. The highest BCUT2D eigenvalue weighted by Crippen LogP contribution is 2.41. The van der Waals surface area contributed by atoms with Gasteiger partial charge in [-0.2, -0.15) is 24.5 Å². The summed E-state index contributed by atoms with van der Waals surface area (Å²) >= 11 is 1.56. The summed E-state index contributed by atoms with van der Waals surface area (Å²) in [4.78, 5) is 23.3. The van der Waals surface area contributed by atoms with E-state index in [1.54, 1.807) is 51.6 Å². The molecule has 1 aliphatic rings. The molecule has 0 radical (unpaired) electrons. The molecule has 6 nitrogen and oxygen atoms in total. The van der Waals surface area contributed by atoms with Crippen LogP contribution in [0, 0.1) is 11.8 Å². The number of aryl methyl sites for hydroxylation is 1. The second-order valence-corrected chi connectivity index (χ2v) is 15.0. The molecule has 0 bridgehead atoms. The Morgan fingerprint density at radius 2 is 1.81 bits per heavy atom. The average molecular weight is 688 g/mol. The standard InChI is InChI=1S/C37H32F3N3O3S2/c1-43-34-18-31(25-6-7-26-20-41-13-10-24(26)15-25)30(27-11-14-47-21-27)17-32(34)29(35(43)19-37(38,39)40)5-4-12-42-33-9-8-28(16-36(33)46-2)48(3,22-44)23-45/h6-9,11,14-18,21,41-42H,10,12-13,19-20H2,1-3H3. The van der Waals surface area contributed by atoms with Crippen molar-refractivity contribution in [3.05, 3.63) is 87.7 Å². The number of hydrogen-bond acceptors (Lipinski definition) is 6. The van der Waals surface area contributed by atoms with Crippen molar-refractivity contribution in [3.8, 4) is 39.8 Å². The summed E-state index contributed by atoms with van der Waals surface area (Å²) in [6, 6.07) is 17.3. The van der Waals surface area contributed by atoms with Crippen LogP contribution in [0.3, 0.4) is 0 Å². The van der Waals surface area contributed by atoms with Gasteiger partial charge in [-0.1, -0.05) is 30.0 Å². The molecule has 1 aliphatic heterocycles. The number of methoxy groups -OCH3 is 1. The SMILES string of the molecule is COc1cc(S(C)(=C=O)=C=O)ccc1NCC#Cc1c(CC(F)(F)F)n(C)c2cc(-c3ccc4c(c3)CCNC4)c(-c3ccsc3)cc12. The lowest BCUT2D eigenvalue weighted by Gasteiger charge is -2.19. The molecule has 48 heavy (non-hydrogen) atoms. The quantitative estimate of drug-likeness (QED) is 0.135. The second-order valence-electron chi connectivity index (χ2n) is 11.6. The van der Waals surface area contributed by atoms with Crippen LogP contribution in [0.25, 0.3) is 33.2 Å². The molecule has 11 heteroatoms. The molecule has 0 fully saturated rings. The van der Waals surface area contributed by atoms with E-state index in [2.05, 4.69) is 40.7 Å². The summed E-state index contributed by atoms with van der Waals surface area (Å²) in [5.41, 5.74) is 8.07. The fraction of sp³-hybridized carbons (Fsp3) is 0.243. The van der Waals surface area contributed by atoms with Gasteiger partial charge in [-0.25, -0.2) is 9.59 Å². The first kappa shape index (κ1) is 33.2. The molecule has 246 valence electrons. The van der Waals surface area contributed by atoms with Crippen LogP contribution in [0.5, 0.6) is 5.75 Å². The van der Waals surface area contributed by atoms with E-state index < -0.39 is 21.8 Å². The molecule has 2 N–H and O–H groups in total. The first-order chi connectivity index (χ1) is 23.0. The lowest BCUT2D eigenvalue weighted by Crippen LogP contribution is -2.23. The molecule has 6 rings (SSSR count). The van der Waals surface area contributed by atoms with Crippen molar-refractivity contribution in [2.45, 2.75) is 30.5 Å². The van der Waals surface area contributed by atoms with Crippen LogP contribution < -0.4 is 15.4 Å². The molecule has 0 amide bonds. The van der Waals surface area contributed by atoms with Crippen molar-refractivity contribution in [1.82, 2.24) is 9.88 Å². The van der Waals surface area contributed by atoms with Crippen molar-refractivity contribution >= 4 is 47.6 Å². The highest BCUT2D eigenvalue weighted by molar-refractivity contribution is 8.27. The van der Waals surface area contributed by atoms with Gasteiger partial charge in [0, 0.05) is 35.1 Å². The van der Waals surface area contributed by atoms with Crippen molar-refractivity contribution in [2.75, 3.05) is 31.8 Å². The lowest BCUT2D eigenvalue weighted by atomic mass is 9.90. The Morgan fingerprint density at radius 3 is 2.52 bits per heavy atom. The molecule has 5 aromatic rings. The minimum atomic E-state index is -4.44. The van der Waals surface area contributed by atoms with Crippen molar-refractivity contribution in [1.29, 1.82) is 0 Å². The number of thiophene rings is 1. The van der Waals surface area contributed by atoms with Crippen molar-refractivity contribution in [3.63, 3.8) is 0 Å². The molecular weight excluding hydrogens is 656 g/mol. The zero-order valence-corrected chi connectivity index (χ0v) is 28.1. The predicted octanol–water partition coefficient (Wildman–Crippen LogP) is 7.72. The Kier molecular flexibility index (Phi) is 9.30. The molecule has 0 aliphatic carbocycles.